The summed E-state index contributed by atoms with van der Waals surface area (Å²) in [5.41, 5.74) is 0.802. The van der Waals surface area contributed by atoms with E-state index in [0.29, 0.717) is 5.82 Å². The van der Waals surface area contributed by atoms with Crippen molar-refractivity contribution < 1.29 is 4.79 Å². The molecule has 2 aromatic rings. The average Bonchev–Trinajstić information content (AvgIpc) is 3.12. The number of hydrogen-bond donors (Lipinski definition) is 1. The van der Waals surface area contributed by atoms with Crippen molar-refractivity contribution in [1.29, 1.82) is 0 Å². The summed E-state index contributed by atoms with van der Waals surface area (Å²) in [5, 5.41) is 8.35. The second-order valence-corrected chi connectivity index (χ2v) is 7.55. The minimum Gasteiger partial charge on any atom is -0.310 e. The minimum absolute atomic E-state index is 0. The second kappa shape index (κ2) is 9.46. The Kier molecular flexibility index (Phi) is 7.01. The Morgan fingerprint density at radius 2 is 1.78 bits per heavy atom. The third-order valence-electron chi connectivity index (χ3n) is 5.73. The van der Waals surface area contributed by atoms with Gasteiger partial charge in [-0.1, -0.05) is 25.7 Å². The molecular formula is C19H29ClN6O. The van der Waals surface area contributed by atoms with Gasteiger partial charge in [0, 0.05) is 12.5 Å². The van der Waals surface area contributed by atoms with E-state index in [4.69, 9.17) is 0 Å². The Labute approximate surface area is 166 Å². The number of carbonyl (C=O) groups excluding carboxylic acids is 1. The van der Waals surface area contributed by atoms with Gasteiger partial charge in [-0.15, -0.1) is 12.4 Å². The van der Waals surface area contributed by atoms with Gasteiger partial charge in [0.15, 0.2) is 5.65 Å². The Bertz CT molecular complexity index is 752. The van der Waals surface area contributed by atoms with Crippen molar-refractivity contribution in [2.75, 3.05) is 25.0 Å². The van der Waals surface area contributed by atoms with Gasteiger partial charge in [0.1, 0.15) is 12.1 Å². The maximum atomic E-state index is 12.5. The van der Waals surface area contributed by atoms with Gasteiger partial charge in [0.25, 0.3) is 0 Å². The molecule has 148 valence electrons. The standard InChI is InChI=1S/C19H28N6O.ClH/c26-19(15-7-3-1-4-8-15)23-17-16-13-22-25(18(16)21-14-20-17)12-11-24-9-5-2-6-10-24;/h13-15H,1-12H2,(H,20,21,23,26);1H. The summed E-state index contributed by atoms with van der Waals surface area (Å²) in [6.45, 7) is 4.16. The molecule has 2 fully saturated rings. The molecule has 4 rings (SSSR count). The number of nitrogens with zero attached hydrogens (tertiary/aromatic N) is 5. The highest BCUT2D eigenvalue weighted by atomic mass is 35.5. The van der Waals surface area contributed by atoms with Crippen molar-refractivity contribution >= 4 is 35.2 Å². The van der Waals surface area contributed by atoms with E-state index in [1.54, 1.807) is 6.20 Å². The summed E-state index contributed by atoms with van der Waals surface area (Å²) < 4.78 is 1.93. The van der Waals surface area contributed by atoms with Crippen molar-refractivity contribution in [3.05, 3.63) is 12.5 Å². The fraction of sp³-hybridized carbons (Fsp3) is 0.684. The van der Waals surface area contributed by atoms with E-state index in [9.17, 15) is 4.79 Å². The number of halogens is 1. The van der Waals surface area contributed by atoms with Crippen LogP contribution in [-0.4, -0.2) is 50.2 Å². The van der Waals surface area contributed by atoms with Crippen LogP contribution in [0.4, 0.5) is 5.82 Å². The molecule has 0 spiro atoms. The molecule has 0 aromatic carbocycles. The van der Waals surface area contributed by atoms with Crippen LogP contribution in [0.1, 0.15) is 51.4 Å². The number of nitrogens with one attached hydrogen (secondary N) is 1. The molecule has 0 radical (unpaired) electrons. The van der Waals surface area contributed by atoms with Crippen LogP contribution in [0.2, 0.25) is 0 Å². The lowest BCUT2D eigenvalue weighted by Crippen LogP contribution is -2.32. The van der Waals surface area contributed by atoms with E-state index in [1.807, 2.05) is 4.68 Å². The van der Waals surface area contributed by atoms with E-state index >= 15 is 0 Å². The number of anilines is 1. The first-order valence-corrected chi connectivity index (χ1v) is 10.0. The van der Waals surface area contributed by atoms with Crippen molar-refractivity contribution in [3.8, 4) is 0 Å². The third-order valence-corrected chi connectivity index (χ3v) is 5.73. The lowest BCUT2D eigenvalue weighted by molar-refractivity contribution is -0.120. The van der Waals surface area contributed by atoms with Crippen LogP contribution in [0.15, 0.2) is 12.5 Å². The molecule has 0 bridgehead atoms. The number of likely N-dealkylation sites (tertiary alicyclic amines) is 1. The summed E-state index contributed by atoms with van der Waals surface area (Å²) in [6, 6.07) is 0. The van der Waals surface area contributed by atoms with E-state index < -0.39 is 0 Å². The Morgan fingerprint density at radius 1 is 1.04 bits per heavy atom. The molecule has 0 unspecified atom stereocenters. The van der Waals surface area contributed by atoms with Crippen molar-refractivity contribution in [3.63, 3.8) is 0 Å². The first kappa shape index (κ1) is 20.0. The molecule has 7 nitrogen and oxygen atoms in total. The van der Waals surface area contributed by atoms with E-state index in [0.717, 1.165) is 49.8 Å². The number of amides is 1. The first-order valence-electron chi connectivity index (χ1n) is 10.0. The Balaban J connectivity index is 0.00000210. The predicted molar refractivity (Wildman–Crippen MR) is 108 cm³/mol. The van der Waals surface area contributed by atoms with Gasteiger partial charge >= 0.3 is 0 Å². The van der Waals surface area contributed by atoms with Crippen LogP contribution in [0.3, 0.4) is 0 Å². The molecule has 1 amide bonds. The molecule has 2 aliphatic rings. The lowest BCUT2D eigenvalue weighted by atomic mass is 9.89. The topological polar surface area (TPSA) is 75.9 Å². The van der Waals surface area contributed by atoms with Gasteiger partial charge < -0.3 is 10.2 Å². The number of fused-ring (bicyclic) bond motifs is 1. The first-order chi connectivity index (χ1) is 12.8. The van der Waals surface area contributed by atoms with Crippen LogP contribution in [0.25, 0.3) is 11.0 Å². The fourth-order valence-corrected chi connectivity index (χ4v) is 4.16. The SMILES string of the molecule is Cl.O=C(Nc1ncnc2c1cnn2CCN1CCCCC1)C1CCCCC1. The van der Waals surface area contributed by atoms with Crippen LogP contribution in [-0.2, 0) is 11.3 Å². The highest BCUT2D eigenvalue weighted by molar-refractivity contribution is 5.99. The monoisotopic (exact) mass is 392 g/mol. The number of carbonyl (C=O) groups is 1. The van der Waals surface area contributed by atoms with E-state index in [1.165, 1.54) is 45.1 Å². The molecule has 1 N–H and O–H groups in total. The van der Waals surface area contributed by atoms with Gasteiger partial charge in [-0.05, 0) is 38.8 Å². The molecule has 27 heavy (non-hydrogen) atoms. The number of rotatable bonds is 5. The maximum absolute atomic E-state index is 12.5. The Hall–Kier alpha value is -1.73. The van der Waals surface area contributed by atoms with Gasteiger partial charge in [-0.3, -0.25) is 4.79 Å². The summed E-state index contributed by atoms with van der Waals surface area (Å²) in [5.74, 6) is 0.795. The van der Waals surface area contributed by atoms with Gasteiger partial charge in [-0.25, -0.2) is 14.6 Å². The van der Waals surface area contributed by atoms with Crippen LogP contribution in [0, 0.1) is 5.92 Å². The normalized spacial score (nSPS) is 19.0. The highest BCUT2D eigenvalue weighted by Gasteiger charge is 2.22. The zero-order valence-corrected chi connectivity index (χ0v) is 16.6. The minimum atomic E-state index is 0. The van der Waals surface area contributed by atoms with Gasteiger partial charge in [0.2, 0.25) is 5.91 Å². The molecule has 8 heteroatoms. The average molecular weight is 393 g/mol. The number of piperidine rings is 1. The van der Waals surface area contributed by atoms with Gasteiger partial charge in [0.05, 0.1) is 18.1 Å². The molecule has 1 aliphatic heterocycles. The summed E-state index contributed by atoms with van der Waals surface area (Å²) >= 11 is 0. The van der Waals surface area contributed by atoms with Crippen molar-refractivity contribution in [2.45, 2.75) is 57.9 Å². The maximum Gasteiger partial charge on any atom is 0.228 e. The van der Waals surface area contributed by atoms with Crippen molar-refractivity contribution in [1.82, 2.24) is 24.6 Å². The number of hydrogen-bond acceptors (Lipinski definition) is 5. The highest BCUT2D eigenvalue weighted by Crippen LogP contribution is 2.26. The smallest absolute Gasteiger partial charge is 0.228 e. The summed E-state index contributed by atoms with van der Waals surface area (Å²) in [6.07, 6.45) is 12.7. The zero-order valence-electron chi connectivity index (χ0n) is 15.8. The molecule has 1 saturated carbocycles. The lowest BCUT2D eigenvalue weighted by Gasteiger charge is -2.26. The predicted octanol–water partition coefficient (Wildman–Crippen LogP) is 3.25. The van der Waals surface area contributed by atoms with Crippen LogP contribution in [0.5, 0.6) is 0 Å². The van der Waals surface area contributed by atoms with E-state index in [2.05, 4.69) is 25.3 Å². The zero-order chi connectivity index (χ0) is 17.8. The second-order valence-electron chi connectivity index (χ2n) is 7.55. The quantitative estimate of drug-likeness (QED) is 0.845. The molecule has 3 heterocycles. The Morgan fingerprint density at radius 3 is 2.56 bits per heavy atom. The molecule has 0 atom stereocenters. The van der Waals surface area contributed by atoms with E-state index in [-0.39, 0.29) is 24.2 Å². The summed E-state index contributed by atoms with van der Waals surface area (Å²) in [4.78, 5) is 23.7. The summed E-state index contributed by atoms with van der Waals surface area (Å²) in [7, 11) is 0. The van der Waals surface area contributed by atoms with Crippen LogP contribution >= 0.6 is 12.4 Å². The molecule has 1 saturated heterocycles. The van der Waals surface area contributed by atoms with Gasteiger partial charge in [-0.2, -0.15) is 5.10 Å². The number of aromatic nitrogens is 4. The fourth-order valence-electron chi connectivity index (χ4n) is 4.16. The largest absolute Gasteiger partial charge is 0.310 e. The molecular weight excluding hydrogens is 364 g/mol. The van der Waals surface area contributed by atoms with Crippen molar-refractivity contribution in [2.24, 2.45) is 5.92 Å². The van der Waals surface area contributed by atoms with Crippen LogP contribution < -0.4 is 5.32 Å². The third kappa shape index (κ3) is 4.76. The molecule has 1 aliphatic carbocycles. The molecule has 2 aromatic heterocycles.